The summed E-state index contributed by atoms with van der Waals surface area (Å²) in [5.41, 5.74) is 2.82. The molecule has 0 aliphatic carbocycles. The van der Waals surface area contributed by atoms with Crippen LogP contribution in [0.15, 0.2) is 83.4 Å². The maximum absolute atomic E-state index is 12.2. The number of hydrogen-bond donors (Lipinski definition) is 1. The van der Waals surface area contributed by atoms with Crippen molar-refractivity contribution in [2.75, 3.05) is 0 Å². The fraction of sp³-hybridized carbons (Fsp3) is 0.130. The van der Waals surface area contributed by atoms with Crippen LogP contribution in [0.4, 0.5) is 0 Å². The van der Waals surface area contributed by atoms with Gasteiger partial charge in [0.15, 0.2) is 0 Å². The Bertz CT molecular complexity index is 1070. The average molecular weight is 370 g/mol. The summed E-state index contributed by atoms with van der Waals surface area (Å²) in [4.78, 5) is 12.2. The number of carbonyl (C=O) groups is 1. The van der Waals surface area contributed by atoms with Gasteiger partial charge in [0.1, 0.15) is 0 Å². The third-order valence-corrected chi connectivity index (χ3v) is 5.84. The van der Waals surface area contributed by atoms with Crippen LogP contribution in [0.1, 0.15) is 23.5 Å². The van der Waals surface area contributed by atoms with Crippen molar-refractivity contribution in [3.8, 4) is 6.07 Å². The number of nitriles is 1. The number of nitrogens with zero attached hydrogens (tertiary/aromatic N) is 1. The van der Waals surface area contributed by atoms with Crippen molar-refractivity contribution in [3.05, 3.63) is 94.5 Å². The first-order valence-corrected chi connectivity index (χ1v) is 9.82. The molecule has 0 radical (unpaired) electrons. The van der Waals surface area contributed by atoms with Crippen molar-refractivity contribution in [2.45, 2.75) is 18.1 Å². The van der Waals surface area contributed by atoms with Gasteiger partial charge in [0.05, 0.1) is 16.7 Å². The fourth-order valence-electron chi connectivity index (χ4n) is 3.39. The lowest BCUT2D eigenvalue weighted by Gasteiger charge is -2.25. The van der Waals surface area contributed by atoms with E-state index in [1.807, 2.05) is 42.5 Å². The Morgan fingerprint density at radius 3 is 2.52 bits per heavy atom. The van der Waals surface area contributed by atoms with E-state index in [1.165, 1.54) is 28.1 Å². The van der Waals surface area contributed by atoms with E-state index in [0.717, 1.165) is 5.56 Å². The molecule has 0 spiro atoms. The number of amides is 1. The second-order valence-corrected chi connectivity index (χ2v) is 7.53. The Balaban J connectivity index is 1.61. The van der Waals surface area contributed by atoms with Gasteiger partial charge in [-0.15, -0.1) is 11.8 Å². The summed E-state index contributed by atoms with van der Waals surface area (Å²) in [6, 6.07) is 26.7. The zero-order valence-corrected chi connectivity index (χ0v) is 15.5. The highest BCUT2D eigenvalue weighted by Gasteiger charge is 2.29. The van der Waals surface area contributed by atoms with Gasteiger partial charge in [-0.2, -0.15) is 5.26 Å². The molecule has 0 bridgehead atoms. The van der Waals surface area contributed by atoms with E-state index in [4.69, 9.17) is 0 Å². The molecule has 132 valence electrons. The SMILES string of the molecule is N#CC1=C(SCc2ccc3ccccc3c2)NC(=O)C[C@@H]1c1ccccc1. The summed E-state index contributed by atoms with van der Waals surface area (Å²) in [6.45, 7) is 0. The van der Waals surface area contributed by atoms with E-state index in [2.05, 4.69) is 41.7 Å². The molecule has 4 heteroatoms. The quantitative estimate of drug-likeness (QED) is 0.694. The highest BCUT2D eigenvalue weighted by molar-refractivity contribution is 8.02. The Hall–Kier alpha value is -3.03. The zero-order valence-electron chi connectivity index (χ0n) is 14.7. The van der Waals surface area contributed by atoms with Crippen LogP contribution in [0.2, 0.25) is 0 Å². The largest absolute Gasteiger partial charge is 0.320 e. The lowest BCUT2D eigenvalue weighted by Crippen LogP contribution is -2.30. The molecule has 1 N–H and O–H groups in total. The molecule has 1 atom stereocenters. The first-order chi connectivity index (χ1) is 13.2. The van der Waals surface area contributed by atoms with Crippen molar-refractivity contribution >= 4 is 28.4 Å². The van der Waals surface area contributed by atoms with E-state index in [0.29, 0.717) is 22.8 Å². The Kier molecular flexibility index (Phi) is 4.95. The Morgan fingerprint density at radius 2 is 1.74 bits per heavy atom. The molecule has 3 nitrogen and oxygen atoms in total. The number of carbonyl (C=O) groups excluding carboxylic acids is 1. The summed E-state index contributed by atoms with van der Waals surface area (Å²) in [6.07, 6.45) is 0.312. The number of hydrogen-bond acceptors (Lipinski definition) is 3. The van der Waals surface area contributed by atoms with E-state index >= 15 is 0 Å². The summed E-state index contributed by atoms with van der Waals surface area (Å²) < 4.78 is 0. The van der Waals surface area contributed by atoms with E-state index in [1.54, 1.807) is 0 Å². The number of benzene rings is 3. The molecule has 4 rings (SSSR count). The zero-order chi connectivity index (χ0) is 18.6. The lowest BCUT2D eigenvalue weighted by molar-refractivity contribution is -0.120. The predicted octanol–water partition coefficient (Wildman–Crippen LogP) is 5.11. The monoisotopic (exact) mass is 370 g/mol. The fourth-order valence-corrected chi connectivity index (χ4v) is 4.41. The summed E-state index contributed by atoms with van der Waals surface area (Å²) in [7, 11) is 0. The minimum Gasteiger partial charge on any atom is -0.320 e. The highest BCUT2D eigenvalue weighted by Crippen LogP contribution is 2.36. The predicted molar refractivity (Wildman–Crippen MR) is 110 cm³/mol. The molecular formula is C23H18N2OS. The maximum Gasteiger partial charge on any atom is 0.225 e. The van der Waals surface area contributed by atoms with Crippen LogP contribution in [0.3, 0.4) is 0 Å². The average Bonchev–Trinajstić information content (AvgIpc) is 2.72. The molecule has 1 amide bonds. The second kappa shape index (κ2) is 7.69. The first kappa shape index (κ1) is 17.4. The third-order valence-electron chi connectivity index (χ3n) is 4.75. The van der Waals surface area contributed by atoms with Gasteiger partial charge in [0.2, 0.25) is 5.91 Å². The molecule has 1 heterocycles. The summed E-state index contributed by atoms with van der Waals surface area (Å²) >= 11 is 1.52. The highest BCUT2D eigenvalue weighted by atomic mass is 32.2. The van der Waals surface area contributed by atoms with Crippen molar-refractivity contribution in [1.29, 1.82) is 5.26 Å². The van der Waals surface area contributed by atoms with Gasteiger partial charge in [-0.25, -0.2) is 0 Å². The molecule has 27 heavy (non-hydrogen) atoms. The van der Waals surface area contributed by atoms with Crippen LogP contribution >= 0.6 is 11.8 Å². The van der Waals surface area contributed by atoms with Crippen molar-refractivity contribution < 1.29 is 4.79 Å². The van der Waals surface area contributed by atoms with Gasteiger partial charge in [0.25, 0.3) is 0 Å². The summed E-state index contributed by atoms with van der Waals surface area (Å²) in [5.74, 6) is 0.487. The van der Waals surface area contributed by atoms with Gasteiger partial charge in [0, 0.05) is 18.1 Å². The number of fused-ring (bicyclic) bond motifs is 1. The maximum atomic E-state index is 12.2. The van der Waals surface area contributed by atoms with Crippen LogP contribution in [-0.4, -0.2) is 5.91 Å². The molecule has 3 aromatic rings. The number of nitrogens with one attached hydrogen (secondary N) is 1. The molecule has 0 aromatic heterocycles. The van der Waals surface area contributed by atoms with Crippen molar-refractivity contribution in [3.63, 3.8) is 0 Å². The molecule has 1 aliphatic rings. The van der Waals surface area contributed by atoms with Gasteiger partial charge in [-0.05, 0) is 21.9 Å². The van der Waals surface area contributed by atoms with E-state index < -0.39 is 0 Å². The minimum atomic E-state index is -0.177. The molecule has 0 fully saturated rings. The van der Waals surface area contributed by atoms with Crippen LogP contribution in [0.25, 0.3) is 10.8 Å². The number of rotatable bonds is 4. The molecule has 0 unspecified atom stereocenters. The Labute approximate surface area is 162 Å². The van der Waals surface area contributed by atoms with E-state index in [9.17, 15) is 10.1 Å². The van der Waals surface area contributed by atoms with Gasteiger partial charge in [-0.1, -0.05) is 72.8 Å². The number of thioether (sulfide) groups is 1. The normalized spacial score (nSPS) is 16.9. The Morgan fingerprint density at radius 1 is 1.00 bits per heavy atom. The molecule has 3 aromatic carbocycles. The summed E-state index contributed by atoms with van der Waals surface area (Å²) in [5, 5.41) is 15.7. The van der Waals surface area contributed by atoms with Crippen molar-refractivity contribution in [2.24, 2.45) is 0 Å². The van der Waals surface area contributed by atoms with Crippen LogP contribution in [0, 0.1) is 11.3 Å². The van der Waals surface area contributed by atoms with Crippen molar-refractivity contribution in [1.82, 2.24) is 5.32 Å². The molecule has 1 aliphatic heterocycles. The van der Waals surface area contributed by atoms with Crippen LogP contribution < -0.4 is 5.32 Å². The van der Waals surface area contributed by atoms with Gasteiger partial charge >= 0.3 is 0 Å². The third kappa shape index (κ3) is 3.74. The molecular weight excluding hydrogens is 352 g/mol. The molecule has 0 saturated carbocycles. The lowest BCUT2D eigenvalue weighted by atomic mass is 9.87. The smallest absolute Gasteiger partial charge is 0.225 e. The molecule has 0 saturated heterocycles. The van der Waals surface area contributed by atoms with Crippen LogP contribution in [-0.2, 0) is 10.5 Å². The minimum absolute atomic E-state index is 0.0381. The van der Waals surface area contributed by atoms with Crippen LogP contribution in [0.5, 0.6) is 0 Å². The van der Waals surface area contributed by atoms with Gasteiger partial charge in [-0.3, -0.25) is 4.79 Å². The van der Waals surface area contributed by atoms with Gasteiger partial charge < -0.3 is 5.32 Å². The number of allylic oxidation sites excluding steroid dienone is 1. The van der Waals surface area contributed by atoms with E-state index in [-0.39, 0.29) is 11.8 Å². The standard InChI is InChI=1S/C23H18N2OS/c24-14-21-20(18-7-2-1-3-8-18)13-22(26)25-23(21)27-15-16-10-11-17-6-4-5-9-19(17)12-16/h1-12,20H,13,15H2,(H,25,26)/t20-/m1/s1. The second-order valence-electron chi connectivity index (χ2n) is 6.54. The topological polar surface area (TPSA) is 52.9 Å². The first-order valence-electron chi connectivity index (χ1n) is 8.84.